The van der Waals surface area contributed by atoms with E-state index in [1.165, 1.54) is 4.90 Å². The van der Waals surface area contributed by atoms with Gasteiger partial charge in [-0.15, -0.1) is 0 Å². The van der Waals surface area contributed by atoms with E-state index in [0.29, 0.717) is 18.2 Å². The quantitative estimate of drug-likeness (QED) is 0.528. The molecule has 1 aliphatic rings. The molecule has 4 rings (SSSR count). The Morgan fingerprint density at radius 3 is 2.59 bits per heavy atom. The zero-order valence-corrected chi connectivity index (χ0v) is 19.3. The molecule has 0 N–H and O–H groups in total. The highest BCUT2D eigenvalue weighted by Crippen LogP contribution is 2.38. The van der Waals surface area contributed by atoms with Gasteiger partial charge >= 0.3 is 0 Å². The molecular weight excluding hydrogens is 426 g/mol. The Hall–Kier alpha value is -2.57. The number of carboxylic acid groups (broad SMARTS) is 1. The molecule has 6 nitrogen and oxygen atoms in total. The monoisotopic (exact) mass is 454 g/mol. The predicted octanol–water partition coefficient (Wildman–Crippen LogP) is 4.45. The van der Waals surface area contributed by atoms with Gasteiger partial charge in [0.15, 0.2) is 0 Å². The second-order valence-corrected chi connectivity index (χ2v) is 8.84. The summed E-state index contributed by atoms with van der Waals surface area (Å²) in [5.74, 6) is 1.06. The average Bonchev–Trinajstić information content (AvgIpc) is 3.16. The van der Waals surface area contributed by atoms with Gasteiger partial charge in [0.25, 0.3) is 0 Å². The number of likely N-dealkylation sites (tertiary alicyclic amines) is 1. The molecule has 1 aliphatic heterocycles. The van der Waals surface area contributed by atoms with Crippen molar-refractivity contribution in [3.05, 3.63) is 64.9 Å². The minimum Gasteiger partial charge on any atom is -0.530 e. The van der Waals surface area contributed by atoms with Crippen LogP contribution in [0, 0.1) is 5.92 Å². The number of ether oxygens (including phenoxy) is 1. The number of rotatable bonds is 7. The van der Waals surface area contributed by atoms with E-state index in [2.05, 4.69) is 24.5 Å². The summed E-state index contributed by atoms with van der Waals surface area (Å²) in [6, 6.07) is 15.9. The van der Waals surface area contributed by atoms with Crippen LogP contribution >= 0.6 is 11.6 Å². The number of piperidine rings is 1. The number of benzene rings is 2. The van der Waals surface area contributed by atoms with E-state index in [1.54, 1.807) is 0 Å². The number of nitrogens with zero attached hydrogens (tertiary/aromatic N) is 3. The third-order valence-corrected chi connectivity index (χ3v) is 6.66. The molecule has 2 heterocycles. The van der Waals surface area contributed by atoms with Crippen LogP contribution < -0.4 is 5.11 Å². The van der Waals surface area contributed by atoms with E-state index in [1.807, 2.05) is 42.5 Å². The number of halogens is 1. The van der Waals surface area contributed by atoms with Crippen LogP contribution in [0.5, 0.6) is 0 Å². The molecule has 170 valence electrons. The summed E-state index contributed by atoms with van der Waals surface area (Å²) in [7, 11) is 0. The van der Waals surface area contributed by atoms with Crippen LogP contribution in [0.3, 0.4) is 0 Å². The summed E-state index contributed by atoms with van der Waals surface area (Å²) in [6.45, 7) is 6.05. The van der Waals surface area contributed by atoms with E-state index in [9.17, 15) is 9.90 Å². The third-order valence-electron chi connectivity index (χ3n) is 6.41. The second kappa shape index (κ2) is 9.92. The van der Waals surface area contributed by atoms with Crippen LogP contribution in [-0.2, 0) is 17.9 Å². The van der Waals surface area contributed by atoms with Crippen molar-refractivity contribution in [3.63, 3.8) is 0 Å². The van der Waals surface area contributed by atoms with Gasteiger partial charge < -0.3 is 24.1 Å². The van der Waals surface area contributed by atoms with Crippen molar-refractivity contribution < 1.29 is 14.6 Å². The van der Waals surface area contributed by atoms with E-state index in [0.717, 1.165) is 41.8 Å². The molecule has 7 heteroatoms. The van der Waals surface area contributed by atoms with Gasteiger partial charge in [0.1, 0.15) is 18.5 Å². The minimum atomic E-state index is -1.14. The number of para-hydroxylation sites is 2. The lowest BCUT2D eigenvalue weighted by atomic mass is 9.76. The number of carbonyl (C=O) groups is 1. The molecular formula is C25H29ClN3O3-. The Balaban J connectivity index is 1.64. The lowest BCUT2D eigenvalue weighted by Crippen LogP contribution is -2.54. The predicted molar refractivity (Wildman–Crippen MR) is 124 cm³/mol. The number of imidazole rings is 1. The fourth-order valence-electron chi connectivity index (χ4n) is 4.99. The van der Waals surface area contributed by atoms with E-state index in [4.69, 9.17) is 21.3 Å². The van der Waals surface area contributed by atoms with Gasteiger partial charge in [-0.1, -0.05) is 49.2 Å². The van der Waals surface area contributed by atoms with Crippen LogP contribution in [0.25, 0.3) is 11.0 Å². The van der Waals surface area contributed by atoms with E-state index < -0.39 is 6.09 Å². The fraction of sp³-hybridized carbons (Fsp3) is 0.440. The third kappa shape index (κ3) is 4.62. The number of amides is 1. The van der Waals surface area contributed by atoms with Crippen molar-refractivity contribution in [1.82, 2.24) is 14.5 Å². The van der Waals surface area contributed by atoms with Crippen molar-refractivity contribution in [3.8, 4) is 0 Å². The molecule has 3 aromatic rings. The normalized spacial score (nSPS) is 21.2. The van der Waals surface area contributed by atoms with Gasteiger partial charge in [0.2, 0.25) is 0 Å². The summed E-state index contributed by atoms with van der Waals surface area (Å²) < 4.78 is 8.59. The summed E-state index contributed by atoms with van der Waals surface area (Å²) in [4.78, 5) is 17.9. The first-order valence-corrected chi connectivity index (χ1v) is 11.7. The smallest absolute Gasteiger partial charge is 0.137 e. The maximum Gasteiger partial charge on any atom is 0.137 e. The van der Waals surface area contributed by atoms with Crippen molar-refractivity contribution >= 4 is 28.7 Å². The Morgan fingerprint density at radius 2 is 1.91 bits per heavy atom. The highest BCUT2D eigenvalue weighted by atomic mass is 35.5. The van der Waals surface area contributed by atoms with Crippen molar-refractivity contribution in [2.45, 2.75) is 51.9 Å². The molecule has 0 spiro atoms. The fourth-order valence-corrected chi connectivity index (χ4v) is 5.12. The number of fused-ring (bicyclic) bond motifs is 1. The molecule has 1 fully saturated rings. The van der Waals surface area contributed by atoms with Crippen molar-refractivity contribution in [2.75, 3.05) is 13.1 Å². The number of aryl methyl sites for hydroxylation is 1. The maximum atomic E-state index is 11.8. The zero-order chi connectivity index (χ0) is 22.7. The van der Waals surface area contributed by atoms with Gasteiger partial charge in [0, 0.05) is 30.6 Å². The SMILES string of the molecule is CCCC1CN(C(=O)[O-])CC(OCc2nc3ccccc3n2CC)C1c1ccc(Cl)cc1. The Bertz CT molecular complexity index is 1070. The molecule has 3 unspecified atom stereocenters. The highest BCUT2D eigenvalue weighted by Gasteiger charge is 2.38. The molecule has 0 bridgehead atoms. The zero-order valence-electron chi connectivity index (χ0n) is 18.5. The Morgan fingerprint density at radius 1 is 1.16 bits per heavy atom. The highest BCUT2D eigenvalue weighted by molar-refractivity contribution is 6.30. The second-order valence-electron chi connectivity index (χ2n) is 8.41. The average molecular weight is 455 g/mol. The summed E-state index contributed by atoms with van der Waals surface area (Å²) in [5.41, 5.74) is 3.14. The molecule has 2 aromatic carbocycles. The van der Waals surface area contributed by atoms with Gasteiger partial charge in [-0.25, -0.2) is 4.98 Å². The van der Waals surface area contributed by atoms with Gasteiger partial charge in [0.05, 0.1) is 17.1 Å². The van der Waals surface area contributed by atoms with Crippen LogP contribution in [0.4, 0.5) is 4.79 Å². The van der Waals surface area contributed by atoms with Crippen LogP contribution in [0.2, 0.25) is 5.02 Å². The number of carbonyl (C=O) groups excluding carboxylic acids is 1. The minimum absolute atomic E-state index is 0.0715. The van der Waals surface area contributed by atoms with E-state index in [-0.39, 0.29) is 24.5 Å². The summed E-state index contributed by atoms with van der Waals surface area (Å²) in [5, 5.41) is 12.4. The first kappa shape index (κ1) is 22.6. The molecule has 0 aliphatic carbocycles. The Labute approximate surface area is 193 Å². The van der Waals surface area contributed by atoms with Crippen LogP contribution in [0.15, 0.2) is 48.5 Å². The summed E-state index contributed by atoms with van der Waals surface area (Å²) >= 11 is 6.13. The van der Waals surface area contributed by atoms with E-state index >= 15 is 0 Å². The molecule has 1 saturated heterocycles. The van der Waals surface area contributed by atoms with Crippen LogP contribution in [0.1, 0.15) is 44.0 Å². The number of hydrogen-bond donors (Lipinski definition) is 0. The molecule has 0 saturated carbocycles. The maximum absolute atomic E-state index is 11.8. The van der Waals surface area contributed by atoms with Gasteiger partial charge in [-0.3, -0.25) is 0 Å². The molecule has 3 atom stereocenters. The molecule has 1 amide bonds. The Kier molecular flexibility index (Phi) is 7.01. The number of aromatic nitrogens is 2. The first-order valence-electron chi connectivity index (χ1n) is 11.3. The first-order chi connectivity index (χ1) is 15.5. The summed E-state index contributed by atoms with van der Waals surface area (Å²) in [6.07, 6.45) is 0.429. The lowest BCUT2D eigenvalue weighted by Gasteiger charge is -2.45. The molecule has 1 aromatic heterocycles. The molecule has 32 heavy (non-hydrogen) atoms. The van der Waals surface area contributed by atoms with Crippen molar-refractivity contribution in [2.24, 2.45) is 5.92 Å². The van der Waals surface area contributed by atoms with Gasteiger partial charge in [-0.2, -0.15) is 0 Å². The molecule has 0 radical (unpaired) electrons. The van der Waals surface area contributed by atoms with Gasteiger partial charge in [-0.05, 0) is 49.1 Å². The topological polar surface area (TPSA) is 70.4 Å². The standard InChI is InChI=1S/C25H30ClN3O3/c1-3-7-18-14-28(25(30)31)15-22(24(18)17-10-12-19(26)13-11-17)32-16-23-27-20-8-5-6-9-21(20)29(23)4-2/h5-6,8-13,18,22,24H,3-4,7,14-16H2,1-2H3,(H,30,31)/p-1. The largest absolute Gasteiger partial charge is 0.530 e. The number of hydrogen-bond acceptors (Lipinski definition) is 4. The lowest BCUT2D eigenvalue weighted by molar-refractivity contribution is -0.269. The van der Waals surface area contributed by atoms with Crippen LogP contribution in [-0.4, -0.2) is 39.7 Å². The van der Waals surface area contributed by atoms with Crippen molar-refractivity contribution in [1.29, 1.82) is 0 Å².